The van der Waals surface area contributed by atoms with E-state index < -0.39 is 0 Å². The van der Waals surface area contributed by atoms with Crippen LogP contribution in [0.25, 0.3) is 104 Å². The minimum absolute atomic E-state index is 0.562. The van der Waals surface area contributed by atoms with E-state index in [-0.39, 0.29) is 0 Å². The quantitative estimate of drug-likeness (QED) is 0.187. The van der Waals surface area contributed by atoms with Crippen LogP contribution in [0.5, 0.6) is 0 Å². The molecule has 0 saturated carbocycles. The summed E-state index contributed by atoms with van der Waals surface area (Å²) in [5, 5.41) is 6.89. The summed E-state index contributed by atoms with van der Waals surface area (Å²) in [7, 11) is 0. The number of benzene rings is 7. The predicted octanol–water partition coefficient (Wildman–Crippen LogP) is 12.2. The second kappa shape index (κ2) is 10.9. The number of hydrogen-bond acceptors (Lipinski definition) is 5. The van der Waals surface area contributed by atoms with E-state index in [1.807, 2.05) is 65.9 Å². The summed E-state index contributed by atoms with van der Waals surface area (Å²) in [6, 6.07) is 54.9. The third kappa shape index (κ3) is 4.24. The highest BCUT2D eigenvalue weighted by atomic mass is 32.1. The molecule has 5 nitrogen and oxygen atoms in total. The zero-order valence-electron chi connectivity index (χ0n) is 27.1. The van der Waals surface area contributed by atoms with Gasteiger partial charge in [-0.25, -0.2) is 15.0 Å². The van der Waals surface area contributed by atoms with Crippen molar-refractivity contribution in [2.45, 2.75) is 0 Å². The molecule has 0 saturated heterocycles. The molecular formula is C45H26N4OS. The Labute approximate surface area is 295 Å². The molecule has 238 valence electrons. The maximum atomic E-state index is 6.50. The minimum atomic E-state index is 0.562. The van der Waals surface area contributed by atoms with Crippen molar-refractivity contribution < 1.29 is 4.42 Å². The van der Waals surface area contributed by atoms with Crippen LogP contribution in [0.3, 0.4) is 0 Å². The van der Waals surface area contributed by atoms with Crippen LogP contribution in [0, 0.1) is 0 Å². The van der Waals surface area contributed by atoms with Crippen molar-refractivity contribution in [2.75, 3.05) is 0 Å². The lowest BCUT2D eigenvalue weighted by atomic mass is 10.0. The lowest BCUT2D eigenvalue weighted by molar-refractivity contribution is 0.669. The van der Waals surface area contributed by atoms with Gasteiger partial charge in [-0.15, -0.1) is 11.3 Å². The molecule has 7 aromatic carbocycles. The van der Waals surface area contributed by atoms with Gasteiger partial charge < -0.3 is 8.98 Å². The zero-order valence-corrected chi connectivity index (χ0v) is 27.9. The Morgan fingerprint density at radius 3 is 1.82 bits per heavy atom. The van der Waals surface area contributed by atoms with Crippen molar-refractivity contribution >= 4 is 75.3 Å². The first-order valence-corrected chi connectivity index (χ1v) is 17.8. The Bertz CT molecular complexity index is 3100. The third-order valence-corrected chi connectivity index (χ3v) is 11.0. The third-order valence-electron chi connectivity index (χ3n) is 9.87. The van der Waals surface area contributed by atoms with Crippen molar-refractivity contribution in [3.05, 3.63) is 158 Å². The van der Waals surface area contributed by atoms with E-state index in [9.17, 15) is 0 Å². The van der Waals surface area contributed by atoms with Crippen molar-refractivity contribution in [1.82, 2.24) is 19.5 Å². The van der Waals surface area contributed by atoms with Gasteiger partial charge in [0.2, 0.25) is 0 Å². The predicted molar refractivity (Wildman–Crippen MR) is 211 cm³/mol. The zero-order chi connectivity index (χ0) is 33.5. The maximum Gasteiger partial charge on any atom is 0.167 e. The van der Waals surface area contributed by atoms with Gasteiger partial charge in [-0.1, -0.05) is 115 Å². The summed E-state index contributed by atoms with van der Waals surface area (Å²) in [5.41, 5.74) is 7.58. The van der Waals surface area contributed by atoms with Crippen LogP contribution in [0.2, 0.25) is 0 Å². The van der Waals surface area contributed by atoms with Crippen molar-refractivity contribution in [1.29, 1.82) is 0 Å². The van der Waals surface area contributed by atoms with Crippen LogP contribution in [0.15, 0.2) is 162 Å². The molecule has 0 bridgehead atoms. The van der Waals surface area contributed by atoms with Crippen LogP contribution in [-0.2, 0) is 0 Å². The summed E-state index contributed by atoms with van der Waals surface area (Å²) < 4.78 is 11.4. The molecule has 0 aliphatic carbocycles. The van der Waals surface area contributed by atoms with Crippen LogP contribution in [0.1, 0.15) is 0 Å². The molecule has 4 heterocycles. The summed E-state index contributed by atoms with van der Waals surface area (Å²) in [5.74, 6) is 1.76. The van der Waals surface area contributed by atoms with E-state index in [4.69, 9.17) is 19.4 Å². The molecule has 0 atom stereocenters. The molecule has 11 aromatic rings. The smallest absolute Gasteiger partial charge is 0.167 e. The molecule has 0 N–H and O–H groups in total. The van der Waals surface area contributed by atoms with Gasteiger partial charge in [-0.05, 0) is 42.5 Å². The average Bonchev–Trinajstić information content (AvgIpc) is 3.87. The van der Waals surface area contributed by atoms with Gasteiger partial charge >= 0.3 is 0 Å². The van der Waals surface area contributed by atoms with Gasteiger partial charge in [-0.3, -0.25) is 0 Å². The first-order chi connectivity index (χ1) is 25.3. The highest BCUT2D eigenvalue weighted by Crippen LogP contribution is 2.45. The molecule has 0 aliphatic heterocycles. The maximum absolute atomic E-state index is 6.50. The second-order valence-corrected chi connectivity index (χ2v) is 13.8. The van der Waals surface area contributed by atoms with Crippen LogP contribution in [0.4, 0.5) is 0 Å². The molecular weight excluding hydrogens is 645 g/mol. The average molecular weight is 671 g/mol. The lowest BCUT2D eigenvalue weighted by Crippen LogP contribution is -2.04. The van der Waals surface area contributed by atoms with Crippen LogP contribution < -0.4 is 0 Å². The molecule has 11 rings (SSSR count). The van der Waals surface area contributed by atoms with E-state index in [0.717, 1.165) is 55.3 Å². The number of hydrogen-bond donors (Lipinski definition) is 0. The molecule has 0 fully saturated rings. The molecule has 51 heavy (non-hydrogen) atoms. The Kier molecular flexibility index (Phi) is 6.05. The largest absolute Gasteiger partial charge is 0.455 e. The number of thiophene rings is 1. The Balaban J connectivity index is 1.28. The minimum Gasteiger partial charge on any atom is -0.455 e. The van der Waals surface area contributed by atoms with Gasteiger partial charge in [0, 0.05) is 52.8 Å². The van der Waals surface area contributed by atoms with E-state index >= 15 is 0 Å². The van der Waals surface area contributed by atoms with E-state index in [1.54, 1.807) is 0 Å². The number of aromatic nitrogens is 4. The highest BCUT2D eigenvalue weighted by Gasteiger charge is 2.24. The SMILES string of the molecule is c1ccc(-c2nc(-c3ccc4sc5ccccc5c4c3-n3c4ccccc4c4ccccc43)nc(-c3cccc4c3oc3ccccc34)n2)cc1. The fourth-order valence-corrected chi connectivity index (χ4v) is 8.74. The fraction of sp³-hybridized carbons (Fsp3) is 0. The monoisotopic (exact) mass is 670 g/mol. The fourth-order valence-electron chi connectivity index (χ4n) is 7.63. The number of furan rings is 1. The van der Waals surface area contributed by atoms with Gasteiger partial charge in [0.25, 0.3) is 0 Å². The second-order valence-electron chi connectivity index (χ2n) is 12.8. The Morgan fingerprint density at radius 2 is 1.04 bits per heavy atom. The number of rotatable bonds is 4. The Morgan fingerprint density at radius 1 is 0.431 bits per heavy atom. The summed E-state index contributed by atoms with van der Waals surface area (Å²) in [4.78, 5) is 15.7. The van der Waals surface area contributed by atoms with Crippen LogP contribution in [-0.4, -0.2) is 19.5 Å². The normalized spacial score (nSPS) is 11.9. The van der Waals surface area contributed by atoms with Crippen molar-refractivity contribution in [3.63, 3.8) is 0 Å². The van der Waals surface area contributed by atoms with Gasteiger partial charge in [-0.2, -0.15) is 0 Å². The molecule has 6 heteroatoms. The molecule has 0 aliphatic rings. The topological polar surface area (TPSA) is 56.7 Å². The van der Waals surface area contributed by atoms with E-state index in [0.29, 0.717) is 17.5 Å². The van der Waals surface area contributed by atoms with Crippen molar-refractivity contribution in [2.24, 2.45) is 0 Å². The Hall–Kier alpha value is -6.63. The first-order valence-electron chi connectivity index (χ1n) is 17.0. The van der Waals surface area contributed by atoms with Gasteiger partial charge in [0.05, 0.1) is 22.3 Å². The highest BCUT2D eigenvalue weighted by molar-refractivity contribution is 7.25. The number of fused-ring (bicyclic) bond motifs is 9. The molecule has 0 unspecified atom stereocenters. The lowest BCUT2D eigenvalue weighted by Gasteiger charge is -2.16. The van der Waals surface area contributed by atoms with E-state index in [2.05, 4.69) is 108 Å². The molecule has 0 spiro atoms. The molecule has 4 aromatic heterocycles. The summed E-state index contributed by atoms with van der Waals surface area (Å²) in [6.07, 6.45) is 0. The number of para-hydroxylation sites is 4. The van der Waals surface area contributed by atoms with Gasteiger partial charge in [0.1, 0.15) is 11.2 Å². The van der Waals surface area contributed by atoms with Gasteiger partial charge in [0.15, 0.2) is 17.5 Å². The van der Waals surface area contributed by atoms with E-state index in [1.165, 1.54) is 30.9 Å². The number of nitrogens with zero attached hydrogens (tertiary/aromatic N) is 4. The first kappa shape index (κ1) is 28.2. The van der Waals surface area contributed by atoms with Crippen molar-refractivity contribution in [3.8, 4) is 39.9 Å². The summed E-state index contributed by atoms with van der Waals surface area (Å²) >= 11 is 1.81. The molecule has 0 amide bonds. The molecule has 0 radical (unpaired) electrons. The van der Waals surface area contributed by atoms with Crippen LogP contribution >= 0.6 is 11.3 Å². The summed E-state index contributed by atoms with van der Waals surface area (Å²) in [6.45, 7) is 0. The standard InChI is InChI=1S/C45H26N4OS/c1-2-13-27(14-3-1)43-46-44(48-45(47-43)34-20-12-19-31-30-17-6-10-23-37(30)50-42(31)34)33-25-26-39-40(32-18-7-11-24-38(32)51-39)41(33)49-35-21-8-4-15-28(35)29-16-5-9-22-36(29)49/h1-26H.